The van der Waals surface area contributed by atoms with Gasteiger partial charge in [-0.2, -0.15) is 0 Å². The molecule has 9 aromatic carbocycles. The number of para-hydroxylation sites is 4. The Morgan fingerprint density at radius 1 is 0.359 bits per heavy atom. The van der Waals surface area contributed by atoms with Gasteiger partial charge in [0.1, 0.15) is 4.83 Å². The Balaban J connectivity index is 0.982. The number of pyridine rings is 1. The predicted molar refractivity (Wildman–Crippen MR) is 272 cm³/mol. The van der Waals surface area contributed by atoms with Crippen molar-refractivity contribution in [3.8, 4) is 27.9 Å². The van der Waals surface area contributed by atoms with Gasteiger partial charge in [0.15, 0.2) is 0 Å². The van der Waals surface area contributed by atoms with Crippen molar-refractivity contribution >= 4 is 87.6 Å². The summed E-state index contributed by atoms with van der Waals surface area (Å²) in [6.45, 7) is 0. The molecular weight excluding hydrogens is 797 g/mol. The second-order valence-electron chi connectivity index (χ2n) is 16.0. The Labute approximate surface area is 375 Å². The molecule has 0 spiro atoms. The van der Waals surface area contributed by atoms with E-state index in [0.717, 1.165) is 55.7 Å². The number of hydrogen-bond acceptors (Lipinski definition) is 4. The van der Waals surface area contributed by atoms with Crippen molar-refractivity contribution in [1.29, 1.82) is 0 Å². The topological polar surface area (TPSA) is 24.3 Å². The van der Waals surface area contributed by atoms with Gasteiger partial charge in [0.05, 0.1) is 11.0 Å². The molecule has 0 atom stereocenters. The summed E-state index contributed by atoms with van der Waals surface area (Å²) in [6.07, 6.45) is 1.93. The summed E-state index contributed by atoms with van der Waals surface area (Å²) in [6, 6.07) is 85.1. The minimum atomic E-state index is 1.07. The smallest absolute Gasteiger partial charge is 0.125 e. The lowest BCUT2D eigenvalue weighted by atomic mass is 9.98. The first-order valence-corrected chi connectivity index (χ1v) is 22.4. The number of nitrogens with zero attached hydrogens (tertiary/aromatic N) is 4. The van der Waals surface area contributed by atoms with Crippen LogP contribution in [-0.2, 0) is 0 Å². The summed E-state index contributed by atoms with van der Waals surface area (Å²) in [7, 11) is 0. The highest BCUT2D eigenvalue weighted by molar-refractivity contribution is 7.25. The fraction of sp³-hybridized carbons (Fsp3) is 0. The Bertz CT molecular complexity index is 3360. The molecule has 3 heterocycles. The lowest BCUT2D eigenvalue weighted by Crippen LogP contribution is -2.09. The highest BCUT2D eigenvalue weighted by atomic mass is 32.1. The van der Waals surface area contributed by atoms with Crippen LogP contribution in [0.15, 0.2) is 243 Å². The molecule has 0 saturated heterocycles. The molecule has 0 N–H and O–H groups in total. The normalized spacial score (nSPS) is 11.4. The van der Waals surface area contributed by atoms with Gasteiger partial charge in [-0.25, -0.2) is 4.98 Å². The predicted octanol–water partition coefficient (Wildman–Crippen LogP) is 16.8. The van der Waals surface area contributed by atoms with Crippen molar-refractivity contribution in [2.75, 3.05) is 9.80 Å². The van der Waals surface area contributed by atoms with Crippen molar-refractivity contribution in [2.45, 2.75) is 0 Å². The van der Waals surface area contributed by atoms with Crippen LogP contribution in [-0.4, -0.2) is 9.55 Å². The van der Waals surface area contributed by atoms with Gasteiger partial charge in [-0.15, -0.1) is 11.3 Å². The highest BCUT2D eigenvalue weighted by Gasteiger charge is 2.20. The fourth-order valence-corrected chi connectivity index (χ4v) is 10.4. The molecular formula is C59H40N4S. The maximum absolute atomic E-state index is 4.72. The molecule has 0 bridgehead atoms. The Kier molecular flexibility index (Phi) is 9.32. The van der Waals surface area contributed by atoms with E-state index in [1.807, 2.05) is 6.20 Å². The molecule has 5 heteroatoms. The number of rotatable bonds is 9. The molecule has 0 unspecified atom stereocenters. The molecule has 4 nitrogen and oxygen atoms in total. The van der Waals surface area contributed by atoms with E-state index in [2.05, 4.69) is 251 Å². The molecule has 302 valence electrons. The minimum Gasteiger partial charge on any atom is -0.310 e. The first kappa shape index (κ1) is 37.5. The molecule has 0 saturated carbocycles. The van der Waals surface area contributed by atoms with Crippen molar-refractivity contribution in [1.82, 2.24) is 9.55 Å². The largest absolute Gasteiger partial charge is 0.310 e. The zero-order valence-corrected chi connectivity index (χ0v) is 35.6. The molecule has 0 amide bonds. The van der Waals surface area contributed by atoms with E-state index >= 15 is 0 Å². The minimum absolute atomic E-state index is 1.07. The standard InChI is InChI=1S/C59H40N4S/c1-5-15-44(16-6-1)61(45-17-7-2-8-18-45)49-33-35-55-53(39-49)54-40-50(62(46-19-9-3-10-20-46)47-21-11-4-12-22-47)34-36-56(54)63(55)48-31-29-42(30-32-48)41-25-27-43(28-26-41)51-37-38-60-59-58(51)52-23-13-14-24-57(52)64-59/h1-40H. The summed E-state index contributed by atoms with van der Waals surface area (Å²) in [5.41, 5.74) is 14.8. The van der Waals surface area contributed by atoms with E-state index in [0.29, 0.717) is 0 Å². The van der Waals surface area contributed by atoms with Crippen LogP contribution in [0.25, 0.3) is 70.0 Å². The number of benzene rings is 9. The van der Waals surface area contributed by atoms with Gasteiger partial charge in [-0.1, -0.05) is 127 Å². The molecule has 0 aliphatic rings. The molecule has 3 aromatic heterocycles. The van der Waals surface area contributed by atoms with Gasteiger partial charge in [-0.05, 0) is 131 Å². The third-order valence-corrected chi connectivity index (χ3v) is 13.3. The fourth-order valence-electron chi connectivity index (χ4n) is 9.29. The third-order valence-electron chi connectivity index (χ3n) is 12.2. The van der Waals surface area contributed by atoms with E-state index in [-0.39, 0.29) is 0 Å². The van der Waals surface area contributed by atoms with Crippen molar-refractivity contribution in [3.63, 3.8) is 0 Å². The molecule has 64 heavy (non-hydrogen) atoms. The molecule has 12 rings (SSSR count). The molecule has 12 aromatic rings. The number of fused-ring (bicyclic) bond motifs is 6. The number of thiophene rings is 1. The quantitative estimate of drug-likeness (QED) is 0.145. The van der Waals surface area contributed by atoms with Crippen LogP contribution < -0.4 is 9.80 Å². The summed E-state index contributed by atoms with van der Waals surface area (Å²) in [5.74, 6) is 0. The zero-order chi connectivity index (χ0) is 42.4. The van der Waals surface area contributed by atoms with E-state index < -0.39 is 0 Å². The van der Waals surface area contributed by atoms with E-state index in [4.69, 9.17) is 4.98 Å². The summed E-state index contributed by atoms with van der Waals surface area (Å²) < 4.78 is 3.68. The Morgan fingerprint density at radius 2 is 0.797 bits per heavy atom. The van der Waals surface area contributed by atoms with Crippen LogP contribution >= 0.6 is 11.3 Å². The average molecular weight is 837 g/mol. The maximum Gasteiger partial charge on any atom is 0.125 e. The first-order chi connectivity index (χ1) is 31.7. The monoisotopic (exact) mass is 836 g/mol. The SMILES string of the molecule is c1ccc(N(c2ccccc2)c2ccc3c(c2)c2cc(N(c4ccccc4)c4ccccc4)ccc2n3-c2ccc(-c3ccc(-c4ccnc5sc6ccccc6c45)cc3)cc2)cc1. The van der Waals surface area contributed by atoms with E-state index in [1.165, 1.54) is 48.5 Å². The van der Waals surface area contributed by atoms with E-state index in [1.54, 1.807) is 11.3 Å². The molecule has 0 aliphatic carbocycles. The zero-order valence-electron chi connectivity index (χ0n) is 34.8. The Morgan fingerprint density at radius 3 is 1.30 bits per heavy atom. The lowest BCUT2D eigenvalue weighted by Gasteiger charge is -2.26. The first-order valence-electron chi connectivity index (χ1n) is 21.6. The molecule has 0 radical (unpaired) electrons. The Hall–Kier alpha value is -8.25. The van der Waals surface area contributed by atoms with Gasteiger partial charge < -0.3 is 14.4 Å². The van der Waals surface area contributed by atoms with Crippen molar-refractivity contribution in [3.05, 3.63) is 243 Å². The average Bonchev–Trinajstić information content (AvgIpc) is 3.91. The van der Waals surface area contributed by atoms with E-state index in [9.17, 15) is 0 Å². The second kappa shape index (κ2) is 15.9. The van der Waals surface area contributed by atoms with Gasteiger partial charge in [0.25, 0.3) is 0 Å². The van der Waals surface area contributed by atoms with Crippen LogP contribution in [0, 0.1) is 0 Å². The highest BCUT2D eigenvalue weighted by Crippen LogP contribution is 2.44. The maximum atomic E-state index is 4.72. The molecule has 0 aliphatic heterocycles. The van der Waals surface area contributed by atoms with Gasteiger partial charge >= 0.3 is 0 Å². The number of anilines is 6. The lowest BCUT2D eigenvalue weighted by molar-refractivity contribution is 1.18. The van der Waals surface area contributed by atoms with Crippen LogP contribution in [0.4, 0.5) is 34.1 Å². The van der Waals surface area contributed by atoms with Crippen molar-refractivity contribution < 1.29 is 0 Å². The van der Waals surface area contributed by atoms with Crippen LogP contribution in [0.3, 0.4) is 0 Å². The van der Waals surface area contributed by atoms with Crippen LogP contribution in [0.2, 0.25) is 0 Å². The van der Waals surface area contributed by atoms with Crippen LogP contribution in [0.5, 0.6) is 0 Å². The van der Waals surface area contributed by atoms with Gasteiger partial charge in [-0.3, -0.25) is 0 Å². The van der Waals surface area contributed by atoms with Crippen LogP contribution in [0.1, 0.15) is 0 Å². The van der Waals surface area contributed by atoms with Crippen molar-refractivity contribution in [2.24, 2.45) is 0 Å². The second-order valence-corrected chi connectivity index (χ2v) is 17.0. The third kappa shape index (κ3) is 6.58. The number of hydrogen-bond donors (Lipinski definition) is 0. The summed E-state index contributed by atoms with van der Waals surface area (Å²) >= 11 is 1.75. The summed E-state index contributed by atoms with van der Waals surface area (Å²) in [5, 5.41) is 4.84. The van der Waals surface area contributed by atoms with Gasteiger partial charge in [0.2, 0.25) is 0 Å². The molecule has 0 fully saturated rings. The number of aromatic nitrogens is 2. The summed E-state index contributed by atoms with van der Waals surface area (Å²) in [4.78, 5) is 10.5. The van der Waals surface area contributed by atoms with Gasteiger partial charge in [0, 0.05) is 72.3 Å².